The molecular weight excluding hydrogens is 334 g/mol. The van der Waals surface area contributed by atoms with Crippen LogP contribution >= 0.6 is 0 Å². The third-order valence-electron chi connectivity index (χ3n) is 4.06. The predicted molar refractivity (Wildman–Crippen MR) is 89.4 cm³/mol. The SMILES string of the molecule is COCCN(CCOc1ccc(C(=O)O)cc1)C1CCS(=O)(=O)C1. The van der Waals surface area contributed by atoms with Crippen molar-refractivity contribution in [2.45, 2.75) is 12.5 Å². The van der Waals surface area contributed by atoms with Gasteiger partial charge in [-0.1, -0.05) is 0 Å². The minimum Gasteiger partial charge on any atom is -0.492 e. The van der Waals surface area contributed by atoms with Crippen LogP contribution in [0.1, 0.15) is 16.8 Å². The van der Waals surface area contributed by atoms with E-state index < -0.39 is 15.8 Å². The van der Waals surface area contributed by atoms with E-state index in [2.05, 4.69) is 4.90 Å². The summed E-state index contributed by atoms with van der Waals surface area (Å²) in [6.07, 6.45) is 0.638. The minimum atomic E-state index is -2.93. The molecule has 0 spiro atoms. The lowest BCUT2D eigenvalue weighted by atomic mass is 10.2. The van der Waals surface area contributed by atoms with E-state index in [1.165, 1.54) is 12.1 Å². The van der Waals surface area contributed by atoms with Crippen LogP contribution in [0, 0.1) is 0 Å². The summed E-state index contributed by atoms with van der Waals surface area (Å²) in [6.45, 7) is 2.17. The van der Waals surface area contributed by atoms with Gasteiger partial charge in [-0.05, 0) is 30.7 Å². The van der Waals surface area contributed by atoms with Crippen LogP contribution in [0.25, 0.3) is 0 Å². The Hall–Kier alpha value is -1.64. The van der Waals surface area contributed by atoms with Crippen molar-refractivity contribution in [2.75, 3.05) is 44.9 Å². The summed E-state index contributed by atoms with van der Waals surface area (Å²) in [6, 6.07) is 6.21. The third kappa shape index (κ3) is 5.47. The van der Waals surface area contributed by atoms with Crippen LogP contribution in [-0.2, 0) is 14.6 Å². The largest absolute Gasteiger partial charge is 0.492 e. The molecule has 1 fully saturated rings. The summed E-state index contributed by atoms with van der Waals surface area (Å²) in [5, 5.41) is 8.86. The molecule has 1 aromatic carbocycles. The van der Waals surface area contributed by atoms with E-state index in [9.17, 15) is 13.2 Å². The number of methoxy groups -OCH3 is 1. The van der Waals surface area contributed by atoms with Gasteiger partial charge < -0.3 is 14.6 Å². The van der Waals surface area contributed by atoms with Crippen LogP contribution in [0.2, 0.25) is 0 Å². The molecule has 24 heavy (non-hydrogen) atoms. The third-order valence-corrected chi connectivity index (χ3v) is 5.81. The van der Waals surface area contributed by atoms with E-state index in [1.807, 2.05) is 0 Å². The zero-order valence-electron chi connectivity index (χ0n) is 13.7. The first kappa shape index (κ1) is 18.7. The minimum absolute atomic E-state index is 0.00290. The molecule has 0 aliphatic carbocycles. The Morgan fingerprint density at radius 1 is 1.25 bits per heavy atom. The van der Waals surface area contributed by atoms with Gasteiger partial charge in [0.1, 0.15) is 12.4 Å². The van der Waals surface area contributed by atoms with Crippen molar-refractivity contribution in [3.05, 3.63) is 29.8 Å². The fraction of sp³-hybridized carbons (Fsp3) is 0.562. The number of ether oxygens (including phenoxy) is 2. The topological polar surface area (TPSA) is 93.1 Å². The molecule has 1 aliphatic rings. The molecule has 1 saturated heterocycles. The lowest BCUT2D eigenvalue weighted by molar-refractivity contribution is 0.0697. The van der Waals surface area contributed by atoms with E-state index in [-0.39, 0.29) is 23.1 Å². The Labute approximate surface area is 142 Å². The molecule has 0 amide bonds. The van der Waals surface area contributed by atoms with E-state index in [4.69, 9.17) is 14.6 Å². The van der Waals surface area contributed by atoms with Gasteiger partial charge in [0.25, 0.3) is 0 Å². The van der Waals surface area contributed by atoms with Crippen LogP contribution in [0.15, 0.2) is 24.3 Å². The molecule has 1 heterocycles. The lowest BCUT2D eigenvalue weighted by Crippen LogP contribution is -2.41. The summed E-state index contributed by atoms with van der Waals surface area (Å²) in [5.74, 6) is 0.0309. The molecule has 1 N–H and O–H groups in total. The van der Waals surface area contributed by atoms with E-state index in [0.717, 1.165) is 0 Å². The van der Waals surface area contributed by atoms with Gasteiger partial charge in [0.15, 0.2) is 9.84 Å². The second kappa shape index (κ2) is 8.46. The zero-order valence-corrected chi connectivity index (χ0v) is 14.5. The van der Waals surface area contributed by atoms with Crippen molar-refractivity contribution in [1.29, 1.82) is 0 Å². The quantitative estimate of drug-likeness (QED) is 0.702. The molecule has 0 radical (unpaired) electrons. The fourth-order valence-electron chi connectivity index (χ4n) is 2.72. The van der Waals surface area contributed by atoms with Gasteiger partial charge in [-0.2, -0.15) is 0 Å². The molecule has 1 aromatic rings. The summed E-state index contributed by atoms with van der Waals surface area (Å²) < 4.78 is 34.1. The number of benzene rings is 1. The number of carboxylic acids is 1. The van der Waals surface area contributed by atoms with Gasteiger partial charge >= 0.3 is 5.97 Å². The van der Waals surface area contributed by atoms with Crippen molar-refractivity contribution in [2.24, 2.45) is 0 Å². The van der Waals surface area contributed by atoms with E-state index >= 15 is 0 Å². The second-order valence-electron chi connectivity index (χ2n) is 5.76. The van der Waals surface area contributed by atoms with Gasteiger partial charge in [0.2, 0.25) is 0 Å². The number of carbonyl (C=O) groups is 1. The standard InChI is InChI=1S/C16H23NO6S/c1-22-9-7-17(14-6-11-24(20,21)12-14)8-10-23-15-4-2-13(3-5-15)16(18)19/h2-5,14H,6-12H2,1H3,(H,18,19). The average molecular weight is 357 g/mol. The molecule has 2 rings (SSSR count). The van der Waals surface area contributed by atoms with E-state index in [1.54, 1.807) is 19.2 Å². The molecule has 0 bridgehead atoms. The lowest BCUT2D eigenvalue weighted by Gasteiger charge is -2.27. The maximum atomic E-state index is 11.7. The highest BCUT2D eigenvalue weighted by Gasteiger charge is 2.31. The summed E-state index contributed by atoms with van der Waals surface area (Å²) in [7, 11) is -1.32. The number of hydrogen-bond acceptors (Lipinski definition) is 6. The maximum Gasteiger partial charge on any atom is 0.335 e. The molecule has 8 heteroatoms. The fourth-order valence-corrected chi connectivity index (χ4v) is 4.48. The van der Waals surface area contributed by atoms with Gasteiger partial charge in [-0.25, -0.2) is 13.2 Å². The van der Waals surface area contributed by atoms with Gasteiger partial charge in [0.05, 0.1) is 23.7 Å². The highest BCUT2D eigenvalue weighted by Crippen LogP contribution is 2.18. The molecule has 0 saturated carbocycles. The number of carboxylic acid groups (broad SMARTS) is 1. The van der Waals surface area contributed by atoms with Gasteiger partial charge in [0, 0.05) is 26.2 Å². The van der Waals surface area contributed by atoms with Crippen molar-refractivity contribution in [3.63, 3.8) is 0 Å². The first-order valence-electron chi connectivity index (χ1n) is 7.81. The molecule has 7 nitrogen and oxygen atoms in total. The van der Waals surface area contributed by atoms with Gasteiger partial charge in [-0.3, -0.25) is 4.90 Å². The summed E-state index contributed by atoms with van der Waals surface area (Å²) in [4.78, 5) is 12.9. The second-order valence-corrected chi connectivity index (χ2v) is 7.99. The van der Waals surface area contributed by atoms with Crippen LogP contribution in [-0.4, -0.2) is 75.4 Å². The highest BCUT2D eigenvalue weighted by atomic mass is 32.2. The Kier molecular flexibility index (Phi) is 6.59. The average Bonchev–Trinajstić information content (AvgIpc) is 2.91. The number of aromatic carboxylic acids is 1. The van der Waals surface area contributed by atoms with Crippen LogP contribution in [0.5, 0.6) is 5.75 Å². The number of rotatable bonds is 9. The molecular formula is C16H23NO6S. The first-order valence-corrected chi connectivity index (χ1v) is 9.63. The molecule has 0 aromatic heterocycles. The number of hydrogen-bond donors (Lipinski definition) is 1. The predicted octanol–water partition coefficient (Wildman–Crippen LogP) is 0.899. The maximum absolute atomic E-state index is 11.7. The normalized spacial score (nSPS) is 19.5. The Morgan fingerprint density at radius 2 is 1.92 bits per heavy atom. The number of sulfone groups is 1. The molecule has 1 unspecified atom stereocenters. The zero-order chi connectivity index (χ0) is 17.6. The Balaban J connectivity index is 1.87. The van der Waals surface area contributed by atoms with Crippen LogP contribution in [0.3, 0.4) is 0 Å². The summed E-state index contributed by atoms with van der Waals surface area (Å²) in [5.41, 5.74) is 0.209. The molecule has 1 aliphatic heterocycles. The highest BCUT2D eigenvalue weighted by molar-refractivity contribution is 7.91. The van der Waals surface area contributed by atoms with Crippen LogP contribution in [0.4, 0.5) is 0 Å². The van der Waals surface area contributed by atoms with Crippen LogP contribution < -0.4 is 4.74 Å². The first-order chi connectivity index (χ1) is 11.4. The van der Waals surface area contributed by atoms with Crippen molar-refractivity contribution >= 4 is 15.8 Å². The van der Waals surface area contributed by atoms with Crippen molar-refractivity contribution < 1.29 is 27.8 Å². The monoisotopic (exact) mass is 357 g/mol. The van der Waals surface area contributed by atoms with Gasteiger partial charge in [-0.15, -0.1) is 0 Å². The van der Waals surface area contributed by atoms with Crippen molar-refractivity contribution in [3.8, 4) is 5.75 Å². The Bertz CT molecular complexity index is 643. The molecule has 1 atom stereocenters. The number of nitrogens with zero attached hydrogens (tertiary/aromatic N) is 1. The summed E-state index contributed by atoms with van der Waals surface area (Å²) >= 11 is 0. The van der Waals surface area contributed by atoms with E-state index in [0.29, 0.717) is 38.5 Å². The smallest absolute Gasteiger partial charge is 0.335 e. The van der Waals surface area contributed by atoms with Crippen molar-refractivity contribution in [1.82, 2.24) is 4.90 Å². The Morgan fingerprint density at radius 3 is 2.46 bits per heavy atom. The molecule has 134 valence electrons.